The number of unbranched alkanes of at least 4 members (excludes halogenated alkanes) is 2. The van der Waals surface area contributed by atoms with Crippen molar-refractivity contribution in [3.8, 4) is 6.07 Å². The highest BCUT2D eigenvalue weighted by molar-refractivity contribution is 8.00. The van der Waals surface area contributed by atoms with Gasteiger partial charge in [0.2, 0.25) is 0 Å². The third-order valence-electron chi connectivity index (χ3n) is 3.00. The molecular weight excluding hydrogens is 192 g/mol. The Balaban J connectivity index is 2.19. The largest absolute Gasteiger partial charge is 0.299 e. The summed E-state index contributed by atoms with van der Waals surface area (Å²) in [5, 5.41) is 9.19. The molecule has 1 saturated heterocycles. The lowest BCUT2D eigenvalue weighted by Crippen LogP contribution is -2.44. The third-order valence-corrected chi connectivity index (χ3v) is 4.34. The van der Waals surface area contributed by atoms with Crippen molar-refractivity contribution < 1.29 is 0 Å². The molecule has 2 atom stereocenters. The van der Waals surface area contributed by atoms with Crippen LogP contribution in [0.25, 0.3) is 0 Å². The summed E-state index contributed by atoms with van der Waals surface area (Å²) in [5.74, 6) is 1.27. The number of nitrogens with zero attached hydrogens (tertiary/aromatic N) is 2. The lowest BCUT2D eigenvalue weighted by molar-refractivity contribution is 0.209. The number of rotatable bonds is 4. The monoisotopic (exact) mass is 212 g/mol. The molecule has 2 nitrogen and oxygen atoms in total. The van der Waals surface area contributed by atoms with Crippen molar-refractivity contribution in [1.82, 2.24) is 4.90 Å². The molecular formula is C11H20N2S. The van der Waals surface area contributed by atoms with E-state index in [0.29, 0.717) is 12.5 Å². The zero-order valence-corrected chi connectivity index (χ0v) is 10.0. The summed E-state index contributed by atoms with van der Waals surface area (Å²) >= 11 is 2.08. The van der Waals surface area contributed by atoms with E-state index < -0.39 is 0 Å². The highest BCUT2D eigenvalue weighted by atomic mass is 32.2. The molecule has 0 saturated carbocycles. The first-order chi connectivity index (χ1) is 6.75. The van der Waals surface area contributed by atoms with Gasteiger partial charge in [-0.15, -0.1) is 0 Å². The number of hydrogen-bond acceptors (Lipinski definition) is 3. The molecule has 14 heavy (non-hydrogen) atoms. The van der Waals surface area contributed by atoms with Crippen LogP contribution in [-0.4, -0.2) is 35.0 Å². The molecule has 0 aromatic rings. The lowest BCUT2D eigenvalue weighted by Gasteiger charge is -2.37. The molecule has 1 aliphatic heterocycles. The van der Waals surface area contributed by atoms with Gasteiger partial charge in [0.25, 0.3) is 0 Å². The van der Waals surface area contributed by atoms with E-state index in [4.69, 9.17) is 5.26 Å². The zero-order chi connectivity index (χ0) is 10.4. The molecule has 0 aliphatic carbocycles. The molecule has 1 rings (SSSR count). The van der Waals surface area contributed by atoms with Crippen molar-refractivity contribution in [3.05, 3.63) is 0 Å². The van der Waals surface area contributed by atoms with Crippen LogP contribution in [0.3, 0.4) is 0 Å². The molecule has 1 heterocycles. The van der Waals surface area contributed by atoms with Crippen molar-refractivity contribution >= 4 is 11.8 Å². The summed E-state index contributed by atoms with van der Waals surface area (Å²) in [7, 11) is 0. The van der Waals surface area contributed by atoms with Crippen LogP contribution in [0.2, 0.25) is 0 Å². The van der Waals surface area contributed by atoms with Gasteiger partial charge in [0.15, 0.2) is 0 Å². The van der Waals surface area contributed by atoms with E-state index in [0.717, 1.165) is 11.7 Å². The fourth-order valence-electron chi connectivity index (χ4n) is 1.83. The van der Waals surface area contributed by atoms with Crippen LogP contribution in [-0.2, 0) is 0 Å². The second-order valence-electron chi connectivity index (χ2n) is 3.97. The molecule has 3 heteroatoms. The molecule has 2 unspecified atom stereocenters. The van der Waals surface area contributed by atoms with Gasteiger partial charge < -0.3 is 0 Å². The molecule has 0 radical (unpaired) electrons. The summed E-state index contributed by atoms with van der Waals surface area (Å²) in [4.78, 5) is 2.57. The Morgan fingerprint density at radius 2 is 2.21 bits per heavy atom. The Hall–Kier alpha value is -0.200. The minimum atomic E-state index is 0.704. The van der Waals surface area contributed by atoms with Crippen LogP contribution >= 0.6 is 11.8 Å². The fourth-order valence-corrected chi connectivity index (χ4v) is 2.99. The first-order valence-electron chi connectivity index (χ1n) is 5.48. The maximum absolute atomic E-state index is 8.43. The van der Waals surface area contributed by atoms with Gasteiger partial charge in [-0.2, -0.15) is 17.0 Å². The topological polar surface area (TPSA) is 27.0 Å². The van der Waals surface area contributed by atoms with Crippen molar-refractivity contribution in [2.24, 2.45) is 0 Å². The van der Waals surface area contributed by atoms with Crippen LogP contribution in [0.15, 0.2) is 0 Å². The van der Waals surface area contributed by atoms with E-state index in [1.54, 1.807) is 0 Å². The van der Waals surface area contributed by atoms with Gasteiger partial charge in [-0.05, 0) is 26.3 Å². The van der Waals surface area contributed by atoms with E-state index in [1.165, 1.54) is 25.3 Å². The van der Waals surface area contributed by atoms with Crippen LogP contribution in [0, 0.1) is 11.3 Å². The smallest absolute Gasteiger partial charge is 0.0621 e. The average Bonchev–Trinajstić information content (AvgIpc) is 2.19. The van der Waals surface area contributed by atoms with Crippen LogP contribution in [0.4, 0.5) is 0 Å². The maximum Gasteiger partial charge on any atom is 0.0621 e. The molecule has 1 aliphatic rings. The molecule has 1 fully saturated rings. The second kappa shape index (κ2) is 6.31. The molecule has 0 bridgehead atoms. The molecule has 0 aromatic carbocycles. The van der Waals surface area contributed by atoms with Crippen molar-refractivity contribution in [2.45, 2.75) is 44.4 Å². The standard InChI is InChI=1S/C11H20N2S/c1-10-11(2)14-9-8-13(10)7-5-3-4-6-12/h10-11H,3-5,7-9H2,1-2H3. The van der Waals surface area contributed by atoms with Gasteiger partial charge >= 0.3 is 0 Å². The Morgan fingerprint density at radius 3 is 2.93 bits per heavy atom. The van der Waals surface area contributed by atoms with Gasteiger partial charge in [0, 0.05) is 30.0 Å². The maximum atomic E-state index is 8.43. The van der Waals surface area contributed by atoms with Crippen LogP contribution in [0.1, 0.15) is 33.1 Å². The van der Waals surface area contributed by atoms with Gasteiger partial charge in [-0.1, -0.05) is 6.92 Å². The van der Waals surface area contributed by atoms with Crippen molar-refractivity contribution in [3.63, 3.8) is 0 Å². The predicted octanol–water partition coefficient (Wildman–Crippen LogP) is 2.51. The van der Waals surface area contributed by atoms with Gasteiger partial charge in [0.05, 0.1) is 6.07 Å². The fraction of sp³-hybridized carbons (Fsp3) is 0.909. The Labute approximate surface area is 91.7 Å². The SMILES string of the molecule is CC1SCCN(CCCCC#N)C1C. The second-order valence-corrected chi connectivity index (χ2v) is 5.45. The van der Waals surface area contributed by atoms with Gasteiger partial charge in [0.1, 0.15) is 0 Å². The summed E-state index contributed by atoms with van der Waals surface area (Å²) in [6, 6.07) is 2.91. The molecule has 0 amide bonds. The molecule has 0 N–H and O–H groups in total. The average molecular weight is 212 g/mol. The molecule has 80 valence electrons. The van der Waals surface area contributed by atoms with Crippen molar-refractivity contribution in [1.29, 1.82) is 5.26 Å². The minimum absolute atomic E-state index is 0.704. The van der Waals surface area contributed by atoms with E-state index in [-0.39, 0.29) is 0 Å². The van der Waals surface area contributed by atoms with Gasteiger partial charge in [-0.3, -0.25) is 4.90 Å². The Kier molecular flexibility index (Phi) is 5.36. The highest BCUT2D eigenvalue weighted by Crippen LogP contribution is 2.24. The summed E-state index contributed by atoms with van der Waals surface area (Å²) in [6.45, 7) is 7.04. The normalized spacial score (nSPS) is 28.6. The predicted molar refractivity (Wildman–Crippen MR) is 62.4 cm³/mol. The van der Waals surface area contributed by atoms with E-state index in [9.17, 15) is 0 Å². The Bertz CT molecular complexity index is 200. The van der Waals surface area contributed by atoms with Crippen LogP contribution < -0.4 is 0 Å². The molecule has 0 aromatic heterocycles. The number of nitriles is 1. The minimum Gasteiger partial charge on any atom is -0.299 e. The lowest BCUT2D eigenvalue weighted by atomic mass is 10.1. The quantitative estimate of drug-likeness (QED) is 0.670. The van der Waals surface area contributed by atoms with E-state index in [2.05, 4.69) is 36.6 Å². The summed E-state index contributed by atoms with van der Waals surface area (Å²) in [5.41, 5.74) is 0. The Morgan fingerprint density at radius 1 is 1.43 bits per heavy atom. The third kappa shape index (κ3) is 3.51. The van der Waals surface area contributed by atoms with Crippen LogP contribution in [0.5, 0.6) is 0 Å². The molecule has 0 spiro atoms. The van der Waals surface area contributed by atoms with E-state index in [1.807, 2.05) is 0 Å². The number of thioether (sulfide) groups is 1. The highest BCUT2D eigenvalue weighted by Gasteiger charge is 2.24. The first kappa shape index (κ1) is 11.9. The zero-order valence-electron chi connectivity index (χ0n) is 9.20. The summed E-state index contributed by atoms with van der Waals surface area (Å²) < 4.78 is 0. The van der Waals surface area contributed by atoms with E-state index >= 15 is 0 Å². The summed E-state index contributed by atoms with van der Waals surface area (Å²) in [6.07, 6.45) is 2.95. The number of hydrogen-bond donors (Lipinski definition) is 0. The van der Waals surface area contributed by atoms with Crippen molar-refractivity contribution in [2.75, 3.05) is 18.8 Å². The van der Waals surface area contributed by atoms with Gasteiger partial charge in [-0.25, -0.2) is 0 Å². The first-order valence-corrected chi connectivity index (χ1v) is 6.53.